The first-order valence-electron chi connectivity index (χ1n) is 7.86. The number of hydrogen-bond donors (Lipinski definition) is 0. The average Bonchev–Trinajstić information content (AvgIpc) is 2.98. The van der Waals surface area contributed by atoms with Gasteiger partial charge in [-0.25, -0.2) is 0 Å². The maximum atomic E-state index is 13.1. The van der Waals surface area contributed by atoms with Crippen LogP contribution in [0.4, 0.5) is 0 Å². The third-order valence-corrected chi connectivity index (χ3v) is 4.53. The van der Waals surface area contributed by atoms with Gasteiger partial charge in [-0.15, -0.1) is 0 Å². The smallest absolute Gasteiger partial charge is 0.255 e. The van der Waals surface area contributed by atoms with Crippen molar-refractivity contribution in [3.63, 3.8) is 0 Å². The molecule has 3 aromatic rings. The number of carbonyl (C=O) groups excluding carboxylic acids is 1. The lowest BCUT2D eigenvalue weighted by Crippen LogP contribution is -2.25. The molecule has 0 fully saturated rings. The lowest BCUT2D eigenvalue weighted by Gasteiger charge is -2.17. The Kier molecular flexibility index (Phi) is 3.15. The normalized spacial score (nSPS) is 13.4. The fourth-order valence-electron chi connectivity index (χ4n) is 3.34. The van der Waals surface area contributed by atoms with E-state index in [2.05, 4.69) is 17.1 Å². The van der Waals surface area contributed by atoms with Gasteiger partial charge in [-0.3, -0.25) is 9.78 Å². The molecule has 3 heteroatoms. The number of rotatable bonds is 1. The van der Waals surface area contributed by atoms with Crippen LogP contribution in [0.5, 0.6) is 0 Å². The fraction of sp³-hybridized carbons (Fsp3) is 0.200. The minimum Gasteiger partial charge on any atom is -0.330 e. The van der Waals surface area contributed by atoms with E-state index >= 15 is 0 Å². The van der Waals surface area contributed by atoms with Gasteiger partial charge in [0.05, 0.1) is 11.1 Å². The van der Waals surface area contributed by atoms with Crippen molar-refractivity contribution in [3.8, 4) is 0 Å². The van der Waals surface area contributed by atoms with Crippen LogP contribution in [0.2, 0.25) is 0 Å². The number of fused-ring (bicyclic) bond motifs is 2. The van der Waals surface area contributed by atoms with E-state index in [1.165, 1.54) is 11.1 Å². The van der Waals surface area contributed by atoms with Gasteiger partial charge in [0.15, 0.2) is 0 Å². The summed E-state index contributed by atoms with van der Waals surface area (Å²) >= 11 is 0. The van der Waals surface area contributed by atoms with Crippen LogP contribution in [0.15, 0.2) is 48.5 Å². The molecule has 0 N–H and O–H groups in total. The minimum atomic E-state index is 0.0855. The molecule has 3 nitrogen and oxygen atoms in total. The highest BCUT2D eigenvalue weighted by molar-refractivity contribution is 6.06. The summed E-state index contributed by atoms with van der Waals surface area (Å²) in [5.41, 5.74) is 6.15. The van der Waals surface area contributed by atoms with Crippen molar-refractivity contribution in [1.82, 2.24) is 9.88 Å². The highest BCUT2D eigenvalue weighted by Gasteiger charge is 2.25. The van der Waals surface area contributed by atoms with Crippen LogP contribution in [-0.2, 0) is 13.1 Å². The van der Waals surface area contributed by atoms with E-state index in [0.29, 0.717) is 13.1 Å². The first-order chi connectivity index (χ1) is 11.1. The van der Waals surface area contributed by atoms with E-state index in [1.807, 2.05) is 55.1 Å². The summed E-state index contributed by atoms with van der Waals surface area (Å²) in [6.07, 6.45) is 0. The van der Waals surface area contributed by atoms with Crippen molar-refractivity contribution in [3.05, 3.63) is 76.5 Å². The Morgan fingerprint density at radius 3 is 2.39 bits per heavy atom. The predicted molar refractivity (Wildman–Crippen MR) is 91.2 cm³/mol. The molecule has 4 rings (SSSR count). The van der Waals surface area contributed by atoms with Crippen molar-refractivity contribution in [2.45, 2.75) is 26.9 Å². The molecule has 0 spiro atoms. The van der Waals surface area contributed by atoms with Crippen LogP contribution >= 0.6 is 0 Å². The molecule has 0 aliphatic carbocycles. The number of para-hydroxylation sites is 1. The molecular formula is C20H18N2O. The lowest BCUT2D eigenvalue weighted by molar-refractivity contribution is 0.0753. The van der Waals surface area contributed by atoms with Gasteiger partial charge >= 0.3 is 0 Å². The number of nitrogens with zero attached hydrogens (tertiary/aromatic N) is 2. The molecule has 0 saturated carbocycles. The number of aryl methyl sites for hydroxylation is 2. The van der Waals surface area contributed by atoms with Crippen LogP contribution in [0.25, 0.3) is 10.9 Å². The Balaban J connectivity index is 1.78. The molecule has 23 heavy (non-hydrogen) atoms. The molecule has 0 unspecified atom stereocenters. The van der Waals surface area contributed by atoms with Crippen molar-refractivity contribution >= 4 is 16.8 Å². The minimum absolute atomic E-state index is 0.0855. The Labute approximate surface area is 135 Å². The molecule has 1 aromatic heterocycles. The molecular weight excluding hydrogens is 284 g/mol. The van der Waals surface area contributed by atoms with Gasteiger partial charge < -0.3 is 4.90 Å². The monoisotopic (exact) mass is 302 g/mol. The number of aromatic nitrogens is 1. The van der Waals surface area contributed by atoms with Gasteiger partial charge in [0.2, 0.25) is 0 Å². The molecule has 114 valence electrons. The van der Waals surface area contributed by atoms with E-state index in [9.17, 15) is 4.79 Å². The summed E-state index contributed by atoms with van der Waals surface area (Å²) in [6.45, 7) is 5.35. The molecule has 0 radical (unpaired) electrons. The highest BCUT2D eigenvalue weighted by atomic mass is 16.2. The molecule has 1 aliphatic rings. The molecule has 1 aliphatic heterocycles. The van der Waals surface area contributed by atoms with Crippen molar-refractivity contribution < 1.29 is 4.79 Å². The summed E-state index contributed by atoms with van der Waals surface area (Å²) in [4.78, 5) is 19.6. The van der Waals surface area contributed by atoms with E-state index in [0.717, 1.165) is 27.7 Å². The van der Waals surface area contributed by atoms with Gasteiger partial charge in [-0.1, -0.05) is 42.5 Å². The van der Waals surface area contributed by atoms with Crippen molar-refractivity contribution in [2.75, 3.05) is 0 Å². The second-order valence-electron chi connectivity index (χ2n) is 6.21. The number of carbonyl (C=O) groups is 1. The molecule has 0 bridgehead atoms. The largest absolute Gasteiger partial charge is 0.330 e. The number of benzene rings is 2. The standard InChI is InChI=1S/C20H18N2O/c1-13-6-5-9-17-18(10-14(2)21-19(13)17)20(23)22-11-15-7-3-4-8-16(15)12-22/h3-10H,11-12H2,1-2H3. The van der Waals surface area contributed by atoms with Crippen LogP contribution < -0.4 is 0 Å². The molecule has 0 atom stereocenters. The quantitative estimate of drug-likeness (QED) is 0.680. The highest BCUT2D eigenvalue weighted by Crippen LogP contribution is 2.27. The van der Waals surface area contributed by atoms with Crippen molar-refractivity contribution in [1.29, 1.82) is 0 Å². The Bertz CT molecular complexity index is 905. The van der Waals surface area contributed by atoms with E-state index in [-0.39, 0.29) is 5.91 Å². The second-order valence-corrected chi connectivity index (χ2v) is 6.21. The Hall–Kier alpha value is -2.68. The summed E-state index contributed by atoms with van der Waals surface area (Å²) in [5.74, 6) is 0.0855. The number of pyridine rings is 1. The first-order valence-corrected chi connectivity index (χ1v) is 7.86. The van der Waals surface area contributed by atoms with Crippen molar-refractivity contribution in [2.24, 2.45) is 0 Å². The van der Waals surface area contributed by atoms with Crippen LogP contribution in [-0.4, -0.2) is 15.8 Å². The molecule has 0 saturated heterocycles. The summed E-state index contributed by atoms with van der Waals surface area (Å²) < 4.78 is 0. The van der Waals surface area contributed by atoms with Gasteiger partial charge in [0, 0.05) is 24.2 Å². The topological polar surface area (TPSA) is 33.2 Å². The average molecular weight is 302 g/mol. The van der Waals surface area contributed by atoms with E-state index in [1.54, 1.807) is 0 Å². The zero-order valence-electron chi connectivity index (χ0n) is 13.3. The van der Waals surface area contributed by atoms with Gasteiger partial charge in [-0.05, 0) is 36.6 Å². The van der Waals surface area contributed by atoms with Gasteiger partial charge in [0.1, 0.15) is 0 Å². The van der Waals surface area contributed by atoms with Gasteiger partial charge in [-0.2, -0.15) is 0 Å². The summed E-state index contributed by atoms with van der Waals surface area (Å²) in [5, 5.41) is 0.941. The second kappa shape index (κ2) is 5.20. The molecule has 1 amide bonds. The third kappa shape index (κ3) is 2.29. The maximum absolute atomic E-state index is 13.1. The Morgan fingerprint density at radius 2 is 1.70 bits per heavy atom. The Morgan fingerprint density at radius 1 is 1.00 bits per heavy atom. The third-order valence-electron chi connectivity index (χ3n) is 4.53. The zero-order chi connectivity index (χ0) is 16.0. The molecule has 2 heterocycles. The summed E-state index contributed by atoms with van der Waals surface area (Å²) in [6, 6.07) is 16.2. The molecule has 2 aromatic carbocycles. The predicted octanol–water partition coefficient (Wildman–Crippen LogP) is 4.01. The lowest BCUT2D eigenvalue weighted by atomic mass is 10.0. The number of amides is 1. The number of hydrogen-bond acceptors (Lipinski definition) is 2. The van der Waals surface area contributed by atoms with E-state index < -0.39 is 0 Å². The van der Waals surface area contributed by atoms with Crippen LogP contribution in [0, 0.1) is 13.8 Å². The van der Waals surface area contributed by atoms with Crippen LogP contribution in [0.3, 0.4) is 0 Å². The maximum Gasteiger partial charge on any atom is 0.255 e. The summed E-state index contributed by atoms with van der Waals surface area (Å²) in [7, 11) is 0. The zero-order valence-corrected chi connectivity index (χ0v) is 13.3. The SMILES string of the molecule is Cc1cc(C(=O)N2Cc3ccccc3C2)c2cccc(C)c2n1. The first kappa shape index (κ1) is 13.9. The van der Waals surface area contributed by atoms with Gasteiger partial charge in [0.25, 0.3) is 5.91 Å². The van der Waals surface area contributed by atoms with E-state index in [4.69, 9.17) is 0 Å². The van der Waals surface area contributed by atoms with Crippen LogP contribution in [0.1, 0.15) is 32.7 Å². The fourth-order valence-corrected chi connectivity index (χ4v) is 3.34.